The first-order chi connectivity index (χ1) is 4.84. The zero-order valence-corrected chi connectivity index (χ0v) is 6.64. The maximum atomic E-state index is 9.42. The monoisotopic (exact) mass is 143 g/mol. The molecule has 1 saturated heterocycles. The van der Waals surface area contributed by atoms with Crippen molar-refractivity contribution in [3.8, 4) is 0 Å². The van der Waals surface area contributed by atoms with Crippen molar-refractivity contribution in [3.63, 3.8) is 0 Å². The van der Waals surface area contributed by atoms with E-state index in [0.29, 0.717) is 6.04 Å². The molecule has 1 aliphatic rings. The van der Waals surface area contributed by atoms with Crippen molar-refractivity contribution in [3.05, 3.63) is 0 Å². The molecule has 10 heavy (non-hydrogen) atoms. The number of aliphatic hydroxyl groups excluding tert-OH is 1. The normalized spacial score (nSPS) is 30.0. The van der Waals surface area contributed by atoms with Crippen molar-refractivity contribution in [2.45, 2.75) is 44.8 Å². The third kappa shape index (κ3) is 1.96. The van der Waals surface area contributed by atoms with E-state index in [2.05, 4.69) is 5.32 Å². The number of hydrogen-bond donors (Lipinski definition) is 2. The van der Waals surface area contributed by atoms with Crippen molar-refractivity contribution < 1.29 is 5.11 Å². The molecule has 0 aliphatic carbocycles. The Morgan fingerprint density at radius 2 is 2.40 bits per heavy atom. The quantitative estimate of drug-likeness (QED) is 0.602. The lowest BCUT2D eigenvalue weighted by atomic mass is 9.99. The lowest BCUT2D eigenvalue weighted by Crippen LogP contribution is -2.42. The highest BCUT2D eigenvalue weighted by Crippen LogP contribution is 2.11. The first-order valence-corrected chi connectivity index (χ1v) is 4.26. The summed E-state index contributed by atoms with van der Waals surface area (Å²) in [6, 6.07) is 0.374. The summed E-state index contributed by atoms with van der Waals surface area (Å²) in [5.74, 6) is 0. The summed E-state index contributed by atoms with van der Waals surface area (Å²) in [5, 5.41) is 12.7. The maximum absolute atomic E-state index is 9.42. The highest BCUT2D eigenvalue weighted by molar-refractivity contribution is 4.77. The predicted octanol–water partition coefficient (Wildman–Crippen LogP) is 0.899. The van der Waals surface area contributed by atoms with Gasteiger partial charge in [-0.2, -0.15) is 0 Å². The van der Waals surface area contributed by atoms with E-state index in [1.165, 1.54) is 12.8 Å². The second kappa shape index (κ2) is 3.94. The fourth-order valence-corrected chi connectivity index (χ4v) is 1.49. The molecule has 60 valence electrons. The Labute approximate surface area is 62.6 Å². The van der Waals surface area contributed by atoms with Crippen LogP contribution in [0, 0.1) is 0 Å². The van der Waals surface area contributed by atoms with Crippen molar-refractivity contribution in [1.29, 1.82) is 0 Å². The molecule has 1 heterocycles. The molecule has 1 rings (SSSR count). The largest absolute Gasteiger partial charge is 0.392 e. The van der Waals surface area contributed by atoms with Gasteiger partial charge in [-0.1, -0.05) is 13.3 Å². The second-order valence-electron chi connectivity index (χ2n) is 3.03. The topological polar surface area (TPSA) is 32.3 Å². The van der Waals surface area contributed by atoms with E-state index in [1.807, 2.05) is 6.92 Å². The molecule has 0 bridgehead atoms. The molecule has 2 heteroatoms. The van der Waals surface area contributed by atoms with Gasteiger partial charge in [-0.15, -0.1) is 0 Å². The van der Waals surface area contributed by atoms with Gasteiger partial charge in [0.25, 0.3) is 0 Å². The number of nitrogens with one attached hydrogen (secondary N) is 1. The average Bonchev–Trinajstić information content (AvgIpc) is 2.05. The summed E-state index contributed by atoms with van der Waals surface area (Å²) in [7, 11) is 0. The van der Waals surface area contributed by atoms with Gasteiger partial charge >= 0.3 is 0 Å². The average molecular weight is 143 g/mol. The van der Waals surface area contributed by atoms with Gasteiger partial charge in [-0.05, 0) is 25.8 Å². The molecule has 0 radical (unpaired) electrons. The molecule has 0 aromatic heterocycles. The van der Waals surface area contributed by atoms with E-state index >= 15 is 0 Å². The van der Waals surface area contributed by atoms with E-state index in [1.54, 1.807) is 0 Å². The molecule has 0 aromatic rings. The summed E-state index contributed by atoms with van der Waals surface area (Å²) < 4.78 is 0. The second-order valence-corrected chi connectivity index (χ2v) is 3.03. The van der Waals surface area contributed by atoms with Gasteiger partial charge in [0.1, 0.15) is 0 Å². The van der Waals surface area contributed by atoms with Crippen molar-refractivity contribution in [2.75, 3.05) is 6.54 Å². The molecule has 2 N–H and O–H groups in total. The van der Waals surface area contributed by atoms with Crippen LogP contribution in [0.5, 0.6) is 0 Å². The van der Waals surface area contributed by atoms with Crippen molar-refractivity contribution in [1.82, 2.24) is 5.32 Å². The molecule has 2 nitrogen and oxygen atoms in total. The highest BCUT2D eigenvalue weighted by atomic mass is 16.3. The Balaban J connectivity index is 2.24. The minimum absolute atomic E-state index is 0.125. The van der Waals surface area contributed by atoms with Gasteiger partial charge in [-0.3, -0.25) is 0 Å². The Morgan fingerprint density at radius 1 is 1.60 bits per heavy atom. The van der Waals surface area contributed by atoms with Crippen LogP contribution in [0.4, 0.5) is 0 Å². The molecule has 0 aromatic carbocycles. The lowest BCUT2D eigenvalue weighted by molar-refractivity contribution is 0.109. The van der Waals surface area contributed by atoms with Gasteiger partial charge < -0.3 is 10.4 Å². The Hall–Kier alpha value is -0.0800. The number of piperidine rings is 1. The van der Waals surface area contributed by atoms with E-state index in [-0.39, 0.29) is 6.10 Å². The zero-order chi connectivity index (χ0) is 7.40. The van der Waals surface area contributed by atoms with Gasteiger partial charge in [0.15, 0.2) is 0 Å². The van der Waals surface area contributed by atoms with E-state index in [9.17, 15) is 5.11 Å². The van der Waals surface area contributed by atoms with Crippen LogP contribution in [0.3, 0.4) is 0 Å². The number of rotatable bonds is 2. The molecular weight excluding hydrogens is 126 g/mol. The fourth-order valence-electron chi connectivity index (χ4n) is 1.49. The van der Waals surface area contributed by atoms with Crippen LogP contribution < -0.4 is 5.32 Å². The third-order valence-corrected chi connectivity index (χ3v) is 2.23. The minimum Gasteiger partial charge on any atom is -0.392 e. The fraction of sp³-hybridized carbons (Fsp3) is 1.00. The smallest absolute Gasteiger partial charge is 0.0690 e. The van der Waals surface area contributed by atoms with Crippen LogP contribution in [0.1, 0.15) is 32.6 Å². The van der Waals surface area contributed by atoms with Gasteiger partial charge in [-0.25, -0.2) is 0 Å². The molecular formula is C8H17NO. The summed E-state index contributed by atoms with van der Waals surface area (Å²) >= 11 is 0. The van der Waals surface area contributed by atoms with Crippen LogP contribution in [0.15, 0.2) is 0 Å². The predicted molar refractivity (Wildman–Crippen MR) is 41.9 cm³/mol. The third-order valence-electron chi connectivity index (χ3n) is 2.23. The Kier molecular flexibility index (Phi) is 3.16. The Bertz CT molecular complexity index is 89.3. The first kappa shape index (κ1) is 8.02. The van der Waals surface area contributed by atoms with Crippen LogP contribution in [0.25, 0.3) is 0 Å². The molecule has 0 saturated carbocycles. The van der Waals surface area contributed by atoms with E-state index in [0.717, 1.165) is 19.4 Å². The summed E-state index contributed by atoms with van der Waals surface area (Å²) in [4.78, 5) is 0. The van der Waals surface area contributed by atoms with Gasteiger partial charge in [0.05, 0.1) is 6.10 Å². The SMILES string of the molecule is CC[C@H](O)C1CCCCN1. The lowest BCUT2D eigenvalue weighted by Gasteiger charge is -2.27. The molecule has 2 atom stereocenters. The molecule has 1 fully saturated rings. The standard InChI is InChI=1S/C8H17NO/c1-2-8(10)7-5-3-4-6-9-7/h7-10H,2-6H2,1H3/t7?,8-/m0/s1. The van der Waals surface area contributed by atoms with Crippen molar-refractivity contribution in [2.24, 2.45) is 0 Å². The summed E-state index contributed by atoms with van der Waals surface area (Å²) in [5.41, 5.74) is 0. The van der Waals surface area contributed by atoms with E-state index in [4.69, 9.17) is 0 Å². The van der Waals surface area contributed by atoms with E-state index < -0.39 is 0 Å². The summed E-state index contributed by atoms with van der Waals surface area (Å²) in [6.45, 7) is 3.11. The van der Waals surface area contributed by atoms with Crippen LogP contribution in [-0.4, -0.2) is 23.8 Å². The molecule has 0 amide bonds. The molecule has 1 unspecified atom stereocenters. The van der Waals surface area contributed by atoms with Crippen LogP contribution >= 0.6 is 0 Å². The van der Waals surface area contributed by atoms with Gasteiger partial charge in [0.2, 0.25) is 0 Å². The number of hydrogen-bond acceptors (Lipinski definition) is 2. The summed E-state index contributed by atoms with van der Waals surface area (Å²) in [6.07, 6.45) is 4.44. The Morgan fingerprint density at radius 3 is 2.90 bits per heavy atom. The molecule has 1 aliphatic heterocycles. The zero-order valence-electron chi connectivity index (χ0n) is 6.64. The minimum atomic E-state index is -0.125. The van der Waals surface area contributed by atoms with Crippen LogP contribution in [0.2, 0.25) is 0 Å². The van der Waals surface area contributed by atoms with Crippen molar-refractivity contribution >= 4 is 0 Å². The van der Waals surface area contributed by atoms with Gasteiger partial charge in [0, 0.05) is 6.04 Å². The molecule has 0 spiro atoms. The maximum Gasteiger partial charge on any atom is 0.0690 e. The van der Waals surface area contributed by atoms with Crippen LogP contribution in [-0.2, 0) is 0 Å². The number of aliphatic hydroxyl groups is 1. The highest BCUT2D eigenvalue weighted by Gasteiger charge is 2.18. The first-order valence-electron chi connectivity index (χ1n) is 4.26.